The molecule has 3 rings (SSSR count). The topological polar surface area (TPSA) is 47.6 Å². The van der Waals surface area contributed by atoms with Gasteiger partial charge in [-0.25, -0.2) is 0 Å². The smallest absolute Gasteiger partial charge is 0.256 e. The summed E-state index contributed by atoms with van der Waals surface area (Å²) in [4.78, 5) is 12.8. The summed E-state index contributed by atoms with van der Waals surface area (Å²) in [5.41, 5.74) is 1.22. The van der Waals surface area contributed by atoms with Crippen LogP contribution in [-0.2, 0) is 16.1 Å². The molecule has 4 heteroatoms. The van der Waals surface area contributed by atoms with E-state index in [0.29, 0.717) is 13.2 Å². The molecule has 2 aromatic rings. The number of rotatable bonds is 7. The number of hydrogen-bond acceptors (Lipinski definition) is 3. The summed E-state index contributed by atoms with van der Waals surface area (Å²) in [6.07, 6.45) is 4.85. The first-order chi connectivity index (χ1) is 12.7. The molecule has 0 heterocycles. The Bertz CT molecular complexity index is 686. The number of hydrogen-bond donors (Lipinski definition) is 1. The SMILES string of the molecule is CCOC1(C(=O)Nc2ccc(OCc3ccccc3)cc2)CCCCC1. The van der Waals surface area contributed by atoms with Gasteiger partial charge in [-0.1, -0.05) is 49.6 Å². The van der Waals surface area contributed by atoms with Crippen LogP contribution in [0.25, 0.3) is 0 Å². The molecule has 1 fully saturated rings. The number of amides is 1. The third kappa shape index (κ3) is 4.64. The highest BCUT2D eigenvalue weighted by Gasteiger charge is 2.40. The van der Waals surface area contributed by atoms with E-state index in [1.165, 1.54) is 6.42 Å². The van der Waals surface area contributed by atoms with Gasteiger partial charge in [-0.2, -0.15) is 0 Å². The summed E-state index contributed by atoms with van der Waals surface area (Å²) in [6, 6.07) is 17.6. The molecule has 0 aromatic heterocycles. The van der Waals surface area contributed by atoms with Crippen molar-refractivity contribution in [2.24, 2.45) is 0 Å². The number of ether oxygens (including phenoxy) is 2. The van der Waals surface area contributed by atoms with Crippen LogP contribution in [0.3, 0.4) is 0 Å². The first-order valence-electron chi connectivity index (χ1n) is 9.44. The van der Waals surface area contributed by atoms with Gasteiger partial charge in [-0.3, -0.25) is 4.79 Å². The number of carbonyl (C=O) groups is 1. The Labute approximate surface area is 155 Å². The zero-order chi connectivity index (χ0) is 18.2. The maximum atomic E-state index is 12.8. The minimum atomic E-state index is -0.671. The fourth-order valence-electron chi connectivity index (χ4n) is 3.46. The Hall–Kier alpha value is -2.33. The van der Waals surface area contributed by atoms with Crippen LogP contribution in [0.2, 0.25) is 0 Å². The van der Waals surface area contributed by atoms with Crippen LogP contribution in [-0.4, -0.2) is 18.1 Å². The molecule has 0 unspecified atom stereocenters. The third-order valence-electron chi connectivity index (χ3n) is 4.86. The first kappa shape index (κ1) is 18.5. The lowest BCUT2D eigenvalue weighted by molar-refractivity contribution is -0.145. The number of benzene rings is 2. The molecule has 0 radical (unpaired) electrons. The highest BCUT2D eigenvalue weighted by Crippen LogP contribution is 2.33. The summed E-state index contributed by atoms with van der Waals surface area (Å²) >= 11 is 0. The molecule has 1 N–H and O–H groups in total. The van der Waals surface area contributed by atoms with Gasteiger partial charge in [-0.15, -0.1) is 0 Å². The molecule has 1 aliphatic carbocycles. The molecule has 26 heavy (non-hydrogen) atoms. The molecule has 0 bridgehead atoms. The van der Waals surface area contributed by atoms with Crippen LogP contribution in [0.4, 0.5) is 5.69 Å². The average molecular weight is 353 g/mol. The lowest BCUT2D eigenvalue weighted by Crippen LogP contribution is -2.47. The fraction of sp³-hybridized carbons (Fsp3) is 0.409. The number of anilines is 1. The molecule has 1 aliphatic rings. The Morgan fingerprint density at radius 2 is 1.69 bits per heavy atom. The Morgan fingerprint density at radius 3 is 2.35 bits per heavy atom. The van der Waals surface area contributed by atoms with E-state index in [2.05, 4.69) is 5.32 Å². The quantitative estimate of drug-likeness (QED) is 0.767. The summed E-state index contributed by atoms with van der Waals surface area (Å²) in [5, 5.41) is 3.02. The Balaban J connectivity index is 1.58. The third-order valence-corrected chi connectivity index (χ3v) is 4.86. The second-order valence-electron chi connectivity index (χ2n) is 6.74. The molecule has 0 aliphatic heterocycles. The van der Waals surface area contributed by atoms with Crippen LogP contribution < -0.4 is 10.1 Å². The van der Waals surface area contributed by atoms with Gasteiger partial charge in [0.1, 0.15) is 18.0 Å². The second kappa shape index (κ2) is 8.86. The van der Waals surface area contributed by atoms with Gasteiger partial charge >= 0.3 is 0 Å². The van der Waals surface area contributed by atoms with Gasteiger partial charge in [0.05, 0.1) is 0 Å². The second-order valence-corrected chi connectivity index (χ2v) is 6.74. The maximum absolute atomic E-state index is 12.8. The monoisotopic (exact) mass is 353 g/mol. The van der Waals surface area contributed by atoms with Crippen LogP contribution in [0, 0.1) is 0 Å². The van der Waals surface area contributed by atoms with Crippen molar-refractivity contribution in [1.29, 1.82) is 0 Å². The maximum Gasteiger partial charge on any atom is 0.256 e. The minimum Gasteiger partial charge on any atom is -0.489 e. The molecule has 1 amide bonds. The van der Waals surface area contributed by atoms with Gasteiger partial charge in [0.15, 0.2) is 0 Å². The molecular formula is C22H27NO3. The predicted octanol–water partition coefficient (Wildman–Crippen LogP) is 4.94. The molecular weight excluding hydrogens is 326 g/mol. The highest BCUT2D eigenvalue weighted by molar-refractivity contribution is 5.97. The van der Waals surface area contributed by atoms with E-state index in [-0.39, 0.29) is 5.91 Å². The largest absolute Gasteiger partial charge is 0.489 e. The molecule has 4 nitrogen and oxygen atoms in total. The van der Waals surface area contributed by atoms with Gasteiger partial charge < -0.3 is 14.8 Å². The van der Waals surface area contributed by atoms with E-state index in [4.69, 9.17) is 9.47 Å². The van der Waals surface area contributed by atoms with E-state index in [9.17, 15) is 4.79 Å². The Morgan fingerprint density at radius 1 is 1.00 bits per heavy atom. The van der Waals surface area contributed by atoms with Crippen molar-refractivity contribution in [3.63, 3.8) is 0 Å². The van der Waals surface area contributed by atoms with E-state index < -0.39 is 5.60 Å². The number of carbonyl (C=O) groups excluding carboxylic acids is 1. The van der Waals surface area contributed by atoms with Crippen molar-refractivity contribution in [3.05, 3.63) is 60.2 Å². The van der Waals surface area contributed by atoms with Crippen LogP contribution in [0.15, 0.2) is 54.6 Å². The van der Waals surface area contributed by atoms with Crippen molar-refractivity contribution in [3.8, 4) is 5.75 Å². The summed E-state index contributed by atoms with van der Waals surface area (Å²) in [6.45, 7) is 3.03. The fourth-order valence-corrected chi connectivity index (χ4v) is 3.46. The van der Waals surface area contributed by atoms with Gasteiger partial charge in [0.2, 0.25) is 0 Å². The van der Waals surface area contributed by atoms with E-state index in [1.807, 2.05) is 61.5 Å². The molecule has 1 saturated carbocycles. The minimum absolute atomic E-state index is 0.0306. The van der Waals surface area contributed by atoms with Crippen molar-refractivity contribution < 1.29 is 14.3 Å². The molecule has 0 atom stereocenters. The van der Waals surface area contributed by atoms with Crippen molar-refractivity contribution >= 4 is 11.6 Å². The normalized spacial score (nSPS) is 16.0. The molecule has 2 aromatic carbocycles. The molecule has 138 valence electrons. The standard InChI is InChI=1S/C22H27NO3/c1-2-26-22(15-7-4-8-16-22)21(24)23-19-11-13-20(14-12-19)25-17-18-9-5-3-6-10-18/h3,5-6,9-14H,2,4,7-8,15-17H2,1H3,(H,23,24). The van der Waals surface area contributed by atoms with Crippen LogP contribution >= 0.6 is 0 Å². The van der Waals surface area contributed by atoms with Crippen LogP contribution in [0.5, 0.6) is 5.75 Å². The lowest BCUT2D eigenvalue weighted by Gasteiger charge is -2.35. The zero-order valence-corrected chi connectivity index (χ0v) is 15.4. The van der Waals surface area contributed by atoms with E-state index in [0.717, 1.165) is 42.7 Å². The average Bonchev–Trinajstić information content (AvgIpc) is 2.69. The molecule has 0 spiro atoms. The van der Waals surface area contributed by atoms with E-state index in [1.54, 1.807) is 0 Å². The van der Waals surface area contributed by atoms with Crippen molar-refractivity contribution in [2.75, 3.05) is 11.9 Å². The summed E-state index contributed by atoms with van der Waals surface area (Å²) in [5.74, 6) is 0.751. The van der Waals surface area contributed by atoms with Gasteiger partial charge in [0, 0.05) is 12.3 Å². The zero-order valence-electron chi connectivity index (χ0n) is 15.4. The number of nitrogens with one attached hydrogen (secondary N) is 1. The summed E-state index contributed by atoms with van der Waals surface area (Å²) < 4.78 is 11.7. The van der Waals surface area contributed by atoms with Gasteiger partial charge in [0.25, 0.3) is 5.91 Å². The lowest BCUT2D eigenvalue weighted by atomic mass is 9.83. The first-order valence-corrected chi connectivity index (χ1v) is 9.44. The van der Waals surface area contributed by atoms with Crippen LogP contribution in [0.1, 0.15) is 44.6 Å². The summed E-state index contributed by atoms with van der Waals surface area (Å²) in [7, 11) is 0. The van der Waals surface area contributed by atoms with Crippen molar-refractivity contribution in [1.82, 2.24) is 0 Å². The highest BCUT2D eigenvalue weighted by atomic mass is 16.5. The Kier molecular flexibility index (Phi) is 6.29. The molecule has 0 saturated heterocycles. The predicted molar refractivity (Wildman–Crippen MR) is 103 cm³/mol. The van der Waals surface area contributed by atoms with Crippen molar-refractivity contribution in [2.45, 2.75) is 51.2 Å². The van der Waals surface area contributed by atoms with Gasteiger partial charge in [-0.05, 0) is 49.6 Å². The van der Waals surface area contributed by atoms with E-state index >= 15 is 0 Å².